The van der Waals surface area contributed by atoms with E-state index in [2.05, 4.69) is 22.2 Å². The summed E-state index contributed by atoms with van der Waals surface area (Å²) in [5.41, 5.74) is 0.699. The van der Waals surface area contributed by atoms with Crippen molar-refractivity contribution < 1.29 is 10.2 Å². The van der Waals surface area contributed by atoms with E-state index in [1.165, 1.54) is 11.8 Å². The van der Waals surface area contributed by atoms with Gasteiger partial charge < -0.3 is 15.5 Å². The lowest BCUT2D eigenvalue weighted by Gasteiger charge is -2.34. The monoisotopic (exact) mass is 283 g/mol. The first-order chi connectivity index (χ1) is 9.15. The van der Waals surface area contributed by atoms with E-state index >= 15 is 0 Å². The molecule has 0 aliphatic heterocycles. The van der Waals surface area contributed by atoms with E-state index < -0.39 is 0 Å². The third kappa shape index (κ3) is 3.38. The number of thioether (sulfide) groups is 1. The predicted molar refractivity (Wildman–Crippen MR) is 76.2 cm³/mol. The smallest absolute Gasteiger partial charge is 0.189 e. The second-order valence-corrected chi connectivity index (χ2v) is 5.77. The molecule has 1 aliphatic rings. The van der Waals surface area contributed by atoms with E-state index in [9.17, 15) is 10.2 Å². The number of aliphatic hydroxyl groups is 2. The fourth-order valence-electron chi connectivity index (χ4n) is 2.45. The summed E-state index contributed by atoms with van der Waals surface area (Å²) in [7, 11) is 0. The molecule has 3 N–H and O–H groups in total. The average Bonchev–Trinajstić information content (AvgIpc) is 2.43. The van der Waals surface area contributed by atoms with Crippen LogP contribution in [0.3, 0.4) is 0 Å². The van der Waals surface area contributed by atoms with Gasteiger partial charge in [-0.3, -0.25) is 0 Å². The van der Waals surface area contributed by atoms with Gasteiger partial charge in [-0.15, -0.1) is 0 Å². The standard InChI is InChI=1S/C13H21N3O2S/c1-8-10(4-3-5-11(8)18)15-12-9(7-17)6-14-13(16-12)19-2/h6,8,10-11,17-18H,3-5,7H2,1-2H3,(H,14,15,16)/t8-,10+,11+/m1/s1. The summed E-state index contributed by atoms with van der Waals surface area (Å²) < 4.78 is 0. The first kappa shape index (κ1) is 14.6. The van der Waals surface area contributed by atoms with Gasteiger partial charge in [0.2, 0.25) is 0 Å². The van der Waals surface area contributed by atoms with Crippen molar-refractivity contribution in [3.05, 3.63) is 11.8 Å². The molecule has 1 aromatic rings. The van der Waals surface area contributed by atoms with Gasteiger partial charge in [0.15, 0.2) is 5.16 Å². The lowest BCUT2D eigenvalue weighted by molar-refractivity contribution is 0.0715. The van der Waals surface area contributed by atoms with Gasteiger partial charge in [0.1, 0.15) is 5.82 Å². The Morgan fingerprint density at radius 2 is 2.26 bits per heavy atom. The molecule has 1 aromatic heterocycles. The minimum Gasteiger partial charge on any atom is -0.393 e. The lowest BCUT2D eigenvalue weighted by atomic mass is 9.83. The van der Waals surface area contributed by atoms with Crippen molar-refractivity contribution >= 4 is 17.6 Å². The maximum Gasteiger partial charge on any atom is 0.189 e. The molecule has 5 nitrogen and oxygen atoms in total. The number of anilines is 1. The van der Waals surface area contributed by atoms with Crippen LogP contribution >= 0.6 is 11.8 Å². The highest BCUT2D eigenvalue weighted by Crippen LogP contribution is 2.28. The highest BCUT2D eigenvalue weighted by Gasteiger charge is 2.29. The van der Waals surface area contributed by atoms with Crippen LogP contribution in [-0.2, 0) is 6.61 Å². The van der Waals surface area contributed by atoms with Crippen LogP contribution < -0.4 is 5.32 Å². The Labute approximate surface area is 117 Å². The average molecular weight is 283 g/mol. The zero-order valence-electron chi connectivity index (χ0n) is 11.3. The molecule has 1 heterocycles. The summed E-state index contributed by atoms with van der Waals surface area (Å²) in [5.74, 6) is 0.876. The maximum atomic E-state index is 9.93. The Morgan fingerprint density at radius 3 is 2.95 bits per heavy atom. The Bertz CT molecular complexity index is 430. The van der Waals surface area contributed by atoms with Crippen LogP contribution in [0.4, 0.5) is 5.82 Å². The minimum atomic E-state index is -0.259. The fraction of sp³-hybridized carbons (Fsp3) is 0.692. The van der Waals surface area contributed by atoms with E-state index in [1.54, 1.807) is 6.20 Å². The van der Waals surface area contributed by atoms with Crippen molar-refractivity contribution in [3.63, 3.8) is 0 Å². The van der Waals surface area contributed by atoms with Gasteiger partial charge >= 0.3 is 0 Å². The Kier molecular flexibility index (Phi) is 5.01. The molecular weight excluding hydrogens is 262 g/mol. The van der Waals surface area contributed by atoms with Crippen molar-refractivity contribution in [2.75, 3.05) is 11.6 Å². The quantitative estimate of drug-likeness (QED) is 0.576. The molecule has 1 saturated carbocycles. The molecule has 6 heteroatoms. The summed E-state index contributed by atoms with van der Waals surface area (Å²) in [6.07, 6.45) is 6.22. The molecule has 1 aliphatic carbocycles. The fourth-order valence-corrected chi connectivity index (χ4v) is 2.79. The van der Waals surface area contributed by atoms with Gasteiger partial charge in [0.25, 0.3) is 0 Å². The highest BCUT2D eigenvalue weighted by molar-refractivity contribution is 7.98. The SMILES string of the molecule is CSc1ncc(CO)c(N[C@H]2CCC[C@H](O)[C@@H]2C)n1. The maximum absolute atomic E-state index is 9.93. The van der Waals surface area contributed by atoms with Crippen molar-refractivity contribution in [2.24, 2.45) is 5.92 Å². The number of rotatable bonds is 4. The molecule has 0 amide bonds. The van der Waals surface area contributed by atoms with Crippen LogP contribution in [0.1, 0.15) is 31.7 Å². The molecule has 2 rings (SSSR count). The number of nitrogens with zero attached hydrogens (tertiary/aromatic N) is 2. The predicted octanol–water partition coefficient (Wildman–Crippen LogP) is 1.65. The first-order valence-corrected chi connectivity index (χ1v) is 7.83. The normalized spacial score (nSPS) is 27.3. The van der Waals surface area contributed by atoms with Gasteiger partial charge in [-0.05, 0) is 25.5 Å². The summed E-state index contributed by atoms with van der Waals surface area (Å²) in [6.45, 7) is 1.97. The number of aliphatic hydroxyl groups excluding tert-OH is 2. The first-order valence-electron chi connectivity index (χ1n) is 6.61. The van der Waals surface area contributed by atoms with E-state index in [0.717, 1.165) is 19.3 Å². The van der Waals surface area contributed by atoms with Crippen LogP contribution in [0, 0.1) is 5.92 Å². The Hall–Kier alpha value is -0.850. The summed E-state index contributed by atoms with van der Waals surface area (Å²) in [5, 5.41) is 23.3. The molecular formula is C13H21N3O2S. The molecule has 0 aromatic carbocycles. The molecule has 0 saturated heterocycles. The van der Waals surface area contributed by atoms with Gasteiger partial charge in [-0.2, -0.15) is 0 Å². The molecule has 0 bridgehead atoms. The lowest BCUT2D eigenvalue weighted by Crippen LogP contribution is -2.39. The van der Waals surface area contributed by atoms with Crippen LogP contribution in [0.5, 0.6) is 0 Å². The number of aromatic nitrogens is 2. The number of nitrogens with one attached hydrogen (secondary N) is 1. The van der Waals surface area contributed by atoms with Gasteiger partial charge in [0, 0.05) is 23.7 Å². The zero-order valence-corrected chi connectivity index (χ0v) is 12.2. The molecule has 0 unspecified atom stereocenters. The minimum absolute atomic E-state index is 0.0827. The van der Waals surface area contributed by atoms with Crippen molar-refractivity contribution in [2.45, 2.75) is 50.1 Å². The third-order valence-electron chi connectivity index (χ3n) is 3.77. The molecule has 1 fully saturated rings. The van der Waals surface area contributed by atoms with Crippen LogP contribution in [-0.4, -0.2) is 38.6 Å². The Morgan fingerprint density at radius 1 is 1.47 bits per heavy atom. The van der Waals surface area contributed by atoms with E-state index in [-0.39, 0.29) is 24.7 Å². The summed E-state index contributed by atoms with van der Waals surface area (Å²) in [4.78, 5) is 8.57. The van der Waals surface area contributed by atoms with E-state index in [0.29, 0.717) is 16.5 Å². The molecule has 0 spiro atoms. The van der Waals surface area contributed by atoms with Crippen LogP contribution in [0.25, 0.3) is 0 Å². The summed E-state index contributed by atoms with van der Waals surface area (Å²) in [6, 6.07) is 0.193. The largest absolute Gasteiger partial charge is 0.393 e. The zero-order chi connectivity index (χ0) is 13.8. The van der Waals surface area contributed by atoms with E-state index in [4.69, 9.17) is 0 Å². The van der Waals surface area contributed by atoms with Crippen molar-refractivity contribution in [3.8, 4) is 0 Å². The molecule has 19 heavy (non-hydrogen) atoms. The number of hydrogen-bond donors (Lipinski definition) is 3. The van der Waals surface area contributed by atoms with Crippen LogP contribution in [0.15, 0.2) is 11.4 Å². The molecule has 0 radical (unpaired) electrons. The third-order valence-corrected chi connectivity index (χ3v) is 4.34. The summed E-state index contributed by atoms with van der Waals surface area (Å²) >= 11 is 1.47. The topological polar surface area (TPSA) is 78.3 Å². The van der Waals surface area contributed by atoms with Gasteiger partial charge in [-0.25, -0.2) is 9.97 Å². The molecule has 3 atom stereocenters. The van der Waals surface area contributed by atoms with Crippen molar-refractivity contribution in [1.29, 1.82) is 0 Å². The van der Waals surface area contributed by atoms with E-state index in [1.807, 2.05) is 6.26 Å². The van der Waals surface area contributed by atoms with Crippen molar-refractivity contribution in [1.82, 2.24) is 9.97 Å². The number of hydrogen-bond acceptors (Lipinski definition) is 6. The molecule has 106 valence electrons. The second kappa shape index (κ2) is 6.54. The highest BCUT2D eigenvalue weighted by atomic mass is 32.2. The second-order valence-electron chi connectivity index (χ2n) is 5.00. The van der Waals surface area contributed by atoms with Crippen LogP contribution in [0.2, 0.25) is 0 Å². The van der Waals surface area contributed by atoms with Gasteiger partial charge in [0.05, 0.1) is 12.7 Å². The Balaban J connectivity index is 2.17. The van der Waals surface area contributed by atoms with Gasteiger partial charge in [-0.1, -0.05) is 18.7 Å².